The van der Waals surface area contributed by atoms with Crippen LogP contribution in [0.3, 0.4) is 0 Å². The maximum atomic E-state index is 11.4. The highest BCUT2D eigenvalue weighted by Gasteiger charge is 2.22. The van der Waals surface area contributed by atoms with Crippen LogP contribution in [0.15, 0.2) is 12.2 Å². The van der Waals surface area contributed by atoms with Crippen molar-refractivity contribution >= 4 is 17.7 Å². The largest absolute Gasteiger partial charge is 0.354 e. The van der Waals surface area contributed by atoms with Crippen LogP contribution in [0.4, 0.5) is 0 Å². The van der Waals surface area contributed by atoms with Gasteiger partial charge in [0.1, 0.15) is 0 Å². The summed E-state index contributed by atoms with van der Waals surface area (Å²) in [7, 11) is 0. The highest BCUT2D eigenvalue weighted by Crippen LogP contribution is 2.07. The molecule has 100 valence electrons. The van der Waals surface area contributed by atoms with Gasteiger partial charge >= 0.3 is 0 Å². The van der Waals surface area contributed by atoms with Crippen LogP contribution in [-0.2, 0) is 14.4 Å². The zero-order valence-corrected chi connectivity index (χ0v) is 10.6. The molecule has 0 aromatic heterocycles. The van der Waals surface area contributed by atoms with Crippen molar-refractivity contribution in [1.29, 1.82) is 0 Å². The van der Waals surface area contributed by atoms with E-state index in [2.05, 4.69) is 5.32 Å². The predicted molar refractivity (Wildman–Crippen MR) is 67.6 cm³/mol. The van der Waals surface area contributed by atoms with E-state index < -0.39 is 0 Å². The van der Waals surface area contributed by atoms with E-state index in [-0.39, 0.29) is 30.7 Å². The minimum atomic E-state index is -0.257. The van der Waals surface area contributed by atoms with Crippen LogP contribution >= 0.6 is 0 Å². The number of hydrogen-bond acceptors (Lipinski definition) is 3. The van der Waals surface area contributed by atoms with Gasteiger partial charge in [-0.2, -0.15) is 0 Å². The molecule has 0 bridgehead atoms. The van der Waals surface area contributed by atoms with Gasteiger partial charge in [-0.3, -0.25) is 19.3 Å². The van der Waals surface area contributed by atoms with Crippen molar-refractivity contribution in [2.24, 2.45) is 0 Å². The lowest BCUT2D eigenvalue weighted by molar-refractivity contribution is -0.137. The minimum absolute atomic E-state index is 0.0465. The summed E-state index contributed by atoms with van der Waals surface area (Å²) in [5.74, 6) is -0.561. The summed E-state index contributed by atoms with van der Waals surface area (Å²) in [6, 6.07) is -0.113. The Bertz CT molecular complexity index is 364. The molecule has 0 radical (unpaired) electrons. The number of rotatable bonds is 7. The summed E-state index contributed by atoms with van der Waals surface area (Å²) >= 11 is 0. The highest BCUT2D eigenvalue weighted by molar-refractivity contribution is 6.12. The predicted octanol–water partition coefficient (Wildman–Crippen LogP) is 0.996. The van der Waals surface area contributed by atoms with Crippen LogP contribution in [0.2, 0.25) is 0 Å². The standard InChI is InChI=1S/C13H20N2O3/c1-10(2)14-11(16)6-4-3-5-9-15-12(17)7-8-13(15)18/h7-8,10H,3-6,9H2,1-2H3,(H,14,16)/i1D/t10-/m0/s1. The van der Waals surface area contributed by atoms with Gasteiger partial charge in [0.2, 0.25) is 5.91 Å². The maximum Gasteiger partial charge on any atom is 0.253 e. The molecule has 0 saturated carbocycles. The third-order valence-corrected chi connectivity index (χ3v) is 2.59. The molecule has 1 rings (SSSR count). The van der Waals surface area contributed by atoms with Crippen molar-refractivity contribution in [3.05, 3.63) is 12.2 Å². The fourth-order valence-electron chi connectivity index (χ4n) is 1.73. The lowest BCUT2D eigenvalue weighted by atomic mass is 10.1. The molecule has 1 N–H and O–H groups in total. The Labute approximate surface area is 109 Å². The van der Waals surface area contributed by atoms with Crippen molar-refractivity contribution in [3.8, 4) is 0 Å². The number of unbranched alkanes of at least 4 members (excludes halogenated alkanes) is 2. The number of nitrogens with zero attached hydrogens (tertiary/aromatic N) is 1. The van der Waals surface area contributed by atoms with Gasteiger partial charge in [-0.05, 0) is 26.7 Å². The lowest BCUT2D eigenvalue weighted by Crippen LogP contribution is -2.31. The van der Waals surface area contributed by atoms with Crippen molar-refractivity contribution in [3.63, 3.8) is 0 Å². The number of carbonyl (C=O) groups is 3. The van der Waals surface area contributed by atoms with E-state index in [4.69, 9.17) is 1.37 Å². The Morgan fingerprint density at radius 2 is 2.00 bits per heavy atom. The van der Waals surface area contributed by atoms with Gasteiger partial charge < -0.3 is 5.32 Å². The molecule has 0 spiro atoms. The zero-order valence-electron chi connectivity index (χ0n) is 11.6. The zero-order chi connectivity index (χ0) is 14.3. The van der Waals surface area contributed by atoms with E-state index in [0.717, 1.165) is 12.8 Å². The Morgan fingerprint density at radius 3 is 2.61 bits per heavy atom. The van der Waals surface area contributed by atoms with Crippen LogP contribution in [-0.4, -0.2) is 35.2 Å². The third-order valence-electron chi connectivity index (χ3n) is 2.59. The average Bonchev–Trinajstić information content (AvgIpc) is 2.69. The van der Waals surface area contributed by atoms with Gasteiger partial charge in [-0.1, -0.05) is 6.42 Å². The monoisotopic (exact) mass is 253 g/mol. The summed E-state index contributed by atoms with van der Waals surface area (Å²) in [6.45, 7) is 2.38. The van der Waals surface area contributed by atoms with Crippen LogP contribution in [0.25, 0.3) is 0 Å². The summed E-state index contributed by atoms with van der Waals surface area (Å²) in [5, 5.41) is 2.72. The number of carbonyl (C=O) groups excluding carboxylic acids is 3. The van der Waals surface area contributed by atoms with E-state index in [1.807, 2.05) is 0 Å². The Balaban J connectivity index is 2.07. The molecule has 0 aromatic carbocycles. The van der Waals surface area contributed by atoms with Crippen LogP contribution in [0, 0.1) is 0 Å². The molecule has 1 aliphatic rings. The molecule has 18 heavy (non-hydrogen) atoms. The first-order valence-corrected chi connectivity index (χ1v) is 6.16. The van der Waals surface area contributed by atoms with E-state index in [1.54, 1.807) is 6.92 Å². The second-order valence-corrected chi connectivity index (χ2v) is 4.44. The molecule has 0 unspecified atom stereocenters. The van der Waals surface area contributed by atoms with Crippen molar-refractivity contribution in [2.45, 2.75) is 45.5 Å². The smallest absolute Gasteiger partial charge is 0.253 e. The van der Waals surface area contributed by atoms with Crippen molar-refractivity contribution in [2.75, 3.05) is 6.54 Å². The van der Waals surface area contributed by atoms with Gasteiger partial charge in [0.25, 0.3) is 11.8 Å². The van der Waals surface area contributed by atoms with Crippen LogP contribution < -0.4 is 5.32 Å². The van der Waals surface area contributed by atoms with Crippen LogP contribution in [0.1, 0.15) is 40.9 Å². The molecule has 1 heterocycles. The quantitative estimate of drug-likeness (QED) is 0.543. The number of amides is 3. The fourth-order valence-corrected chi connectivity index (χ4v) is 1.73. The summed E-state index contributed by atoms with van der Waals surface area (Å²) in [4.78, 5) is 35.1. The normalized spacial score (nSPS) is 16.9. The average molecular weight is 253 g/mol. The second kappa shape index (κ2) is 6.93. The highest BCUT2D eigenvalue weighted by atomic mass is 16.2. The SMILES string of the molecule is [2H]C[C@@H](C)NC(=O)CCCCCN1C(=O)C=CC1=O. The first-order chi connectivity index (χ1) is 9.04. The fraction of sp³-hybridized carbons (Fsp3) is 0.615. The van der Waals surface area contributed by atoms with Gasteiger partial charge in [0, 0.05) is 32.5 Å². The first kappa shape index (κ1) is 12.8. The minimum Gasteiger partial charge on any atom is -0.354 e. The first-order valence-electron chi connectivity index (χ1n) is 6.87. The molecule has 0 saturated heterocycles. The molecule has 1 aliphatic heterocycles. The van der Waals surface area contributed by atoms with E-state index in [0.29, 0.717) is 19.4 Å². The summed E-state index contributed by atoms with van der Waals surface area (Å²) in [6.07, 6.45) is 5.20. The molecule has 5 nitrogen and oxygen atoms in total. The molecule has 0 aliphatic carbocycles. The van der Waals surface area contributed by atoms with Crippen LogP contribution in [0.5, 0.6) is 0 Å². The molecular formula is C13H20N2O3. The molecule has 0 fully saturated rings. The van der Waals surface area contributed by atoms with Crippen molar-refractivity contribution in [1.82, 2.24) is 10.2 Å². The number of nitrogens with one attached hydrogen (secondary N) is 1. The number of hydrogen-bond donors (Lipinski definition) is 1. The van der Waals surface area contributed by atoms with E-state index in [1.165, 1.54) is 17.1 Å². The Hall–Kier alpha value is -1.65. The summed E-state index contributed by atoms with van der Waals surface area (Å²) < 4.78 is 7.09. The van der Waals surface area contributed by atoms with Gasteiger partial charge in [-0.15, -0.1) is 0 Å². The molecular weight excluding hydrogens is 232 g/mol. The second-order valence-electron chi connectivity index (χ2n) is 4.44. The van der Waals surface area contributed by atoms with Crippen molar-refractivity contribution < 1.29 is 15.8 Å². The Kier molecular flexibility index (Phi) is 4.93. The molecule has 1 atom stereocenters. The molecule has 0 aromatic rings. The molecule has 3 amide bonds. The maximum absolute atomic E-state index is 11.4. The van der Waals surface area contributed by atoms with Gasteiger partial charge in [0.05, 0.1) is 0 Å². The Morgan fingerprint density at radius 1 is 1.33 bits per heavy atom. The van der Waals surface area contributed by atoms with E-state index >= 15 is 0 Å². The summed E-state index contributed by atoms with van der Waals surface area (Å²) in [5.41, 5.74) is 0. The number of imide groups is 1. The lowest BCUT2D eigenvalue weighted by Gasteiger charge is -2.13. The third kappa shape index (κ3) is 4.69. The van der Waals surface area contributed by atoms with E-state index in [9.17, 15) is 14.4 Å². The van der Waals surface area contributed by atoms with Gasteiger partial charge in [0.15, 0.2) is 0 Å². The van der Waals surface area contributed by atoms with Gasteiger partial charge in [-0.25, -0.2) is 0 Å². The topological polar surface area (TPSA) is 66.5 Å². The molecule has 5 heteroatoms.